The van der Waals surface area contributed by atoms with Crippen LogP contribution in [-0.4, -0.2) is 47.1 Å². The first-order valence-corrected chi connectivity index (χ1v) is 12.7. The fourth-order valence-electron chi connectivity index (χ4n) is 6.01. The first-order chi connectivity index (χ1) is 18.4. The van der Waals surface area contributed by atoms with E-state index >= 15 is 0 Å². The number of fused-ring (bicyclic) bond motifs is 5. The Morgan fingerprint density at radius 2 is 1.53 bits per heavy atom. The average Bonchev–Trinajstić information content (AvgIpc) is 3.40. The van der Waals surface area contributed by atoms with Crippen LogP contribution in [0, 0.1) is 11.8 Å². The van der Waals surface area contributed by atoms with Crippen molar-refractivity contribution in [2.24, 2.45) is 11.8 Å². The molecular formula is C31H26N2O5. The molecule has 0 saturated carbocycles. The molecule has 2 amide bonds. The van der Waals surface area contributed by atoms with Crippen molar-refractivity contribution < 1.29 is 23.9 Å². The number of likely N-dealkylation sites (tertiary alicyclic amines) is 1. The van der Waals surface area contributed by atoms with Gasteiger partial charge in [0, 0.05) is 24.7 Å². The smallest absolute Gasteiger partial charge is 0.308 e. The van der Waals surface area contributed by atoms with Gasteiger partial charge in [0.1, 0.15) is 11.8 Å². The van der Waals surface area contributed by atoms with Gasteiger partial charge in [-0.3, -0.25) is 24.1 Å². The Morgan fingerprint density at radius 1 is 0.842 bits per heavy atom. The van der Waals surface area contributed by atoms with Gasteiger partial charge in [-0.1, -0.05) is 60.7 Å². The molecular weight excluding hydrogens is 480 g/mol. The van der Waals surface area contributed by atoms with Gasteiger partial charge in [-0.25, -0.2) is 0 Å². The minimum Gasteiger partial charge on any atom is -0.427 e. The summed E-state index contributed by atoms with van der Waals surface area (Å²) in [4.78, 5) is 56.2. The molecule has 0 radical (unpaired) electrons. The number of carbonyl (C=O) groups is 4. The van der Waals surface area contributed by atoms with Gasteiger partial charge < -0.3 is 9.64 Å². The molecule has 3 aliphatic heterocycles. The van der Waals surface area contributed by atoms with E-state index in [1.165, 1.54) is 11.8 Å². The summed E-state index contributed by atoms with van der Waals surface area (Å²) in [7, 11) is 0. The molecule has 0 unspecified atom stereocenters. The first kappa shape index (κ1) is 23.9. The van der Waals surface area contributed by atoms with E-state index in [0.29, 0.717) is 17.7 Å². The van der Waals surface area contributed by atoms with Crippen LogP contribution in [0.4, 0.5) is 5.69 Å². The second-order valence-electron chi connectivity index (χ2n) is 9.86. The number of nitrogens with zero attached hydrogens (tertiary/aromatic N) is 2. The Morgan fingerprint density at radius 3 is 2.26 bits per heavy atom. The maximum absolute atomic E-state index is 14.1. The predicted octanol–water partition coefficient (Wildman–Crippen LogP) is 3.92. The lowest BCUT2D eigenvalue weighted by molar-refractivity contribution is -0.140. The van der Waals surface area contributed by atoms with Crippen LogP contribution in [0.25, 0.3) is 6.08 Å². The Labute approximate surface area is 220 Å². The van der Waals surface area contributed by atoms with Crippen LogP contribution in [-0.2, 0) is 20.8 Å². The number of ketones is 1. The number of carbonyl (C=O) groups excluding carboxylic acids is 4. The predicted molar refractivity (Wildman–Crippen MR) is 141 cm³/mol. The highest BCUT2D eigenvalue weighted by Crippen LogP contribution is 2.49. The van der Waals surface area contributed by atoms with Crippen molar-refractivity contribution in [1.29, 1.82) is 0 Å². The molecule has 0 aromatic heterocycles. The second kappa shape index (κ2) is 9.41. The van der Waals surface area contributed by atoms with E-state index in [4.69, 9.17) is 4.74 Å². The summed E-state index contributed by atoms with van der Waals surface area (Å²) < 4.78 is 5.11. The summed E-state index contributed by atoms with van der Waals surface area (Å²) in [6.45, 7) is 1.59. The number of hydrogen-bond donors (Lipinski definition) is 0. The molecule has 0 N–H and O–H groups in total. The Bertz CT molecular complexity index is 1460. The number of anilines is 1. The highest BCUT2D eigenvalue weighted by Gasteiger charge is 2.63. The number of esters is 1. The zero-order chi connectivity index (χ0) is 26.4. The van der Waals surface area contributed by atoms with Crippen LogP contribution in [0.3, 0.4) is 0 Å². The third-order valence-electron chi connectivity index (χ3n) is 7.64. The molecule has 2 fully saturated rings. The standard InChI is InChI=1S/C31H26N2O5/c1-19(34)38-23-14-11-22(12-15-23)29(35)28-27-26(25-16-13-21-9-5-6-10-24(21)33(25)28)30(36)32(31(27)37)18-17-20-7-3-2-4-8-20/h2-16,25-28H,17-18H2,1H3/t25-,26-,27+,28-/m0/s1. The van der Waals surface area contributed by atoms with Gasteiger partial charge in [-0.05, 0) is 47.9 Å². The van der Waals surface area contributed by atoms with E-state index in [1.54, 1.807) is 24.3 Å². The average molecular weight is 507 g/mol. The molecule has 2 saturated heterocycles. The zero-order valence-electron chi connectivity index (χ0n) is 20.8. The van der Waals surface area contributed by atoms with Gasteiger partial charge in [0.05, 0.1) is 17.9 Å². The minimum atomic E-state index is -0.839. The van der Waals surface area contributed by atoms with Crippen molar-refractivity contribution in [2.75, 3.05) is 11.4 Å². The summed E-state index contributed by atoms with van der Waals surface area (Å²) >= 11 is 0. The quantitative estimate of drug-likeness (QED) is 0.218. The molecule has 4 atom stereocenters. The summed E-state index contributed by atoms with van der Waals surface area (Å²) in [6, 6.07) is 22.5. The number of benzene rings is 3. The molecule has 7 heteroatoms. The van der Waals surface area contributed by atoms with Gasteiger partial charge in [0.2, 0.25) is 11.8 Å². The molecule has 3 aromatic rings. The van der Waals surface area contributed by atoms with Crippen molar-refractivity contribution in [1.82, 2.24) is 4.90 Å². The number of imide groups is 1. The van der Waals surface area contributed by atoms with E-state index in [1.807, 2.05) is 71.6 Å². The Balaban J connectivity index is 1.36. The van der Waals surface area contributed by atoms with Crippen molar-refractivity contribution in [3.05, 3.63) is 102 Å². The fraction of sp³-hybridized carbons (Fsp3) is 0.226. The van der Waals surface area contributed by atoms with E-state index in [2.05, 4.69) is 0 Å². The van der Waals surface area contributed by atoms with E-state index < -0.39 is 29.9 Å². The summed E-state index contributed by atoms with van der Waals surface area (Å²) in [5.41, 5.74) is 3.20. The molecule has 3 aliphatic rings. The summed E-state index contributed by atoms with van der Waals surface area (Å²) in [5.74, 6) is -2.32. The molecule has 38 heavy (non-hydrogen) atoms. The summed E-state index contributed by atoms with van der Waals surface area (Å²) in [6.07, 6.45) is 4.47. The topological polar surface area (TPSA) is 84.0 Å². The second-order valence-corrected chi connectivity index (χ2v) is 9.86. The normalized spacial score (nSPS) is 23.2. The lowest BCUT2D eigenvalue weighted by Crippen LogP contribution is -2.49. The van der Waals surface area contributed by atoms with Gasteiger partial charge in [0.15, 0.2) is 5.78 Å². The molecule has 0 bridgehead atoms. The van der Waals surface area contributed by atoms with Gasteiger partial charge >= 0.3 is 5.97 Å². The van der Waals surface area contributed by atoms with Gasteiger partial charge in [-0.15, -0.1) is 0 Å². The molecule has 190 valence electrons. The van der Waals surface area contributed by atoms with E-state index in [9.17, 15) is 19.2 Å². The number of Topliss-reactive ketones (excluding diaryl/α,β-unsaturated/α-hetero) is 1. The van der Waals surface area contributed by atoms with Crippen molar-refractivity contribution in [3.63, 3.8) is 0 Å². The third-order valence-corrected chi connectivity index (χ3v) is 7.64. The monoisotopic (exact) mass is 506 g/mol. The van der Waals surface area contributed by atoms with E-state index in [0.717, 1.165) is 16.8 Å². The Kier molecular flexibility index (Phi) is 5.91. The minimum absolute atomic E-state index is 0.226. The Hall–Kier alpha value is -4.52. The lowest BCUT2D eigenvalue weighted by Gasteiger charge is -2.36. The van der Waals surface area contributed by atoms with Crippen molar-refractivity contribution >= 4 is 35.3 Å². The summed E-state index contributed by atoms with van der Waals surface area (Å²) in [5, 5.41) is 0. The van der Waals surface area contributed by atoms with Crippen LogP contribution >= 0.6 is 0 Å². The van der Waals surface area contributed by atoms with Crippen LogP contribution in [0.5, 0.6) is 5.75 Å². The molecule has 0 aliphatic carbocycles. The number of para-hydroxylation sites is 1. The lowest BCUT2D eigenvalue weighted by atomic mass is 9.86. The molecule has 3 heterocycles. The van der Waals surface area contributed by atoms with Gasteiger partial charge in [-0.2, -0.15) is 0 Å². The molecule has 0 spiro atoms. The maximum Gasteiger partial charge on any atom is 0.308 e. The van der Waals surface area contributed by atoms with E-state index in [-0.39, 0.29) is 24.1 Å². The fourth-order valence-corrected chi connectivity index (χ4v) is 6.01. The number of rotatable bonds is 6. The molecule has 3 aromatic carbocycles. The number of hydrogen-bond acceptors (Lipinski definition) is 6. The SMILES string of the molecule is CC(=O)Oc1ccc(C(=O)[C@@H]2[C@@H]3C(=O)N(CCc4ccccc4)C(=O)[C@H]3[C@@H]3C=Cc4ccccc4N23)cc1. The highest BCUT2D eigenvalue weighted by molar-refractivity contribution is 6.14. The number of amides is 2. The van der Waals surface area contributed by atoms with Crippen molar-refractivity contribution in [2.45, 2.75) is 25.4 Å². The van der Waals surface area contributed by atoms with Crippen LogP contribution in [0.15, 0.2) is 84.9 Å². The zero-order valence-corrected chi connectivity index (χ0v) is 20.8. The maximum atomic E-state index is 14.1. The molecule has 7 nitrogen and oxygen atoms in total. The first-order valence-electron chi connectivity index (χ1n) is 12.7. The van der Waals surface area contributed by atoms with Gasteiger partial charge in [0.25, 0.3) is 0 Å². The number of ether oxygens (including phenoxy) is 1. The van der Waals surface area contributed by atoms with Crippen LogP contribution in [0.1, 0.15) is 28.4 Å². The largest absolute Gasteiger partial charge is 0.427 e. The third kappa shape index (κ3) is 3.91. The van der Waals surface area contributed by atoms with Crippen LogP contribution in [0.2, 0.25) is 0 Å². The van der Waals surface area contributed by atoms with Crippen LogP contribution < -0.4 is 9.64 Å². The highest BCUT2D eigenvalue weighted by atomic mass is 16.5. The molecule has 6 rings (SSSR count). The van der Waals surface area contributed by atoms with Crippen molar-refractivity contribution in [3.8, 4) is 5.75 Å².